The summed E-state index contributed by atoms with van der Waals surface area (Å²) in [5.41, 5.74) is 0.774. The second kappa shape index (κ2) is 5.99. The molecule has 0 saturated heterocycles. The number of amides is 1. The van der Waals surface area contributed by atoms with Gasteiger partial charge in [0.25, 0.3) is 5.91 Å². The van der Waals surface area contributed by atoms with E-state index in [2.05, 4.69) is 10.3 Å². The van der Waals surface area contributed by atoms with Crippen LogP contribution in [-0.4, -0.2) is 47.5 Å². The van der Waals surface area contributed by atoms with Crippen molar-refractivity contribution in [3.63, 3.8) is 0 Å². The van der Waals surface area contributed by atoms with Crippen LogP contribution in [0.5, 0.6) is 0 Å². The summed E-state index contributed by atoms with van der Waals surface area (Å²) in [6, 6.07) is 3.88. The molecular weight excluding hydrogens is 260 g/mol. The van der Waals surface area contributed by atoms with Crippen molar-refractivity contribution in [1.29, 1.82) is 0 Å². The second-order valence-electron chi connectivity index (χ2n) is 4.56. The van der Waals surface area contributed by atoms with E-state index in [1.807, 2.05) is 55.0 Å². The van der Waals surface area contributed by atoms with Crippen molar-refractivity contribution >= 4 is 17.2 Å². The lowest BCUT2D eigenvalue weighted by Crippen LogP contribution is -2.31. The highest BCUT2D eigenvalue weighted by Crippen LogP contribution is 2.21. The Morgan fingerprint density at radius 3 is 2.74 bits per heavy atom. The van der Waals surface area contributed by atoms with E-state index >= 15 is 0 Å². The lowest BCUT2D eigenvalue weighted by molar-refractivity contribution is 0.0954. The van der Waals surface area contributed by atoms with E-state index in [0.717, 1.165) is 17.4 Å². The zero-order chi connectivity index (χ0) is 13.8. The molecule has 0 fully saturated rings. The molecule has 2 aromatic rings. The van der Waals surface area contributed by atoms with Gasteiger partial charge in [-0.2, -0.15) is 0 Å². The van der Waals surface area contributed by atoms with Gasteiger partial charge in [-0.3, -0.25) is 4.79 Å². The van der Waals surface area contributed by atoms with Gasteiger partial charge in [-0.05, 0) is 33.2 Å². The number of likely N-dealkylation sites (N-methyl/N-ethyl adjacent to an activating group) is 1. The van der Waals surface area contributed by atoms with Gasteiger partial charge in [0.1, 0.15) is 4.88 Å². The van der Waals surface area contributed by atoms with E-state index in [1.165, 1.54) is 11.3 Å². The SMILES string of the molecule is Cc1nc(-n2cccc2)sc1C(=O)NCCN(C)C. The van der Waals surface area contributed by atoms with Crippen LogP contribution < -0.4 is 5.32 Å². The molecule has 0 spiro atoms. The number of aryl methyl sites for hydroxylation is 1. The van der Waals surface area contributed by atoms with Gasteiger partial charge in [0.2, 0.25) is 0 Å². The summed E-state index contributed by atoms with van der Waals surface area (Å²) in [5.74, 6) is -0.0461. The van der Waals surface area contributed by atoms with Crippen LogP contribution >= 0.6 is 11.3 Å². The maximum atomic E-state index is 12.1. The Balaban J connectivity index is 2.06. The molecule has 0 bridgehead atoms. The first-order valence-electron chi connectivity index (χ1n) is 6.11. The molecule has 2 rings (SSSR count). The van der Waals surface area contributed by atoms with Gasteiger partial charge >= 0.3 is 0 Å². The van der Waals surface area contributed by atoms with E-state index in [-0.39, 0.29) is 5.91 Å². The minimum atomic E-state index is -0.0461. The van der Waals surface area contributed by atoms with E-state index in [4.69, 9.17) is 0 Å². The molecule has 0 atom stereocenters. The van der Waals surface area contributed by atoms with Gasteiger partial charge in [-0.15, -0.1) is 0 Å². The molecule has 1 N–H and O–H groups in total. The Kier molecular flexibility index (Phi) is 4.34. The lowest BCUT2D eigenvalue weighted by atomic mass is 10.4. The average molecular weight is 278 g/mol. The largest absolute Gasteiger partial charge is 0.350 e. The van der Waals surface area contributed by atoms with Gasteiger partial charge in [0.15, 0.2) is 5.13 Å². The van der Waals surface area contributed by atoms with Crippen LogP contribution in [0.1, 0.15) is 15.4 Å². The Morgan fingerprint density at radius 2 is 2.11 bits per heavy atom. The van der Waals surface area contributed by atoms with Crippen molar-refractivity contribution in [2.24, 2.45) is 0 Å². The molecule has 6 heteroatoms. The summed E-state index contributed by atoms with van der Waals surface area (Å²) in [6.07, 6.45) is 3.85. The van der Waals surface area contributed by atoms with Crippen LogP contribution in [0.3, 0.4) is 0 Å². The standard InChI is InChI=1S/C13H18N4OS/c1-10-11(12(18)14-6-9-16(2)3)19-13(15-10)17-7-4-5-8-17/h4-5,7-8H,6,9H2,1-3H3,(H,14,18). The van der Waals surface area contributed by atoms with Crippen molar-refractivity contribution in [3.8, 4) is 5.13 Å². The minimum Gasteiger partial charge on any atom is -0.350 e. The molecule has 19 heavy (non-hydrogen) atoms. The van der Waals surface area contributed by atoms with Crippen molar-refractivity contribution in [2.75, 3.05) is 27.2 Å². The molecule has 0 unspecified atom stereocenters. The number of thiazole rings is 1. The summed E-state index contributed by atoms with van der Waals surface area (Å²) in [7, 11) is 3.96. The van der Waals surface area contributed by atoms with Crippen LogP contribution in [0, 0.1) is 6.92 Å². The van der Waals surface area contributed by atoms with Gasteiger partial charge < -0.3 is 14.8 Å². The van der Waals surface area contributed by atoms with Crippen LogP contribution in [-0.2, 0) is 0 Å². The molecule has 0 aromatic carbocycles. The second-order valence-corrected chi connectivity index (χ2v) is 5.54. The van der Waals surface area contributed by atoms with E-state index in [1.54, 1.807) is 0 Å². The molecule has 0 aliphatic rings. The highest BCUT2D eigenvalue weighted by Gasteiger charge is 2.15. The maximum absolute atomic E-state index is 12.1. The van der Waals surface area contributed by atoms with Gasteiger partial charge in [0.05, 0.1) is 5.69 Å². The molecule has 0 aliphatic heterocycles. The van der Waals surface area contributed by atoms with Crippen molar-refractivity contribution in [3.05, 3.63) is 35.1 Å². The number of carbonyl (C=O) groups excluding carboxylic acids is 1. The van der Waals surface area contributed by atoms with E-state index in [0.29, 0.717) is 11.4 Å². The molecule has 5 nitrogen and oxygen atoms in total. The summed E-state index contributed by atoms with van der Waals surface area (Å²) < 4.78 is 1.91. The molecular formula is C13H18N4OS. The van der Waals surface area contributed by atoms with Crippen molar-refractivity contribution < 1.29 is 4.79 Å². The molecule has 0 aliphatic carbocycles. The number of hydrogen-bond acceptors (Lipinski definition) is 4. The zero-order valence-electron chi connectivity index (χ0n) is 11.4. The Morgan fingerprint density at radius 1 is 1.42 bits per heavy atom. The minimum absolute atomic E-state index is 0.0461. The first kappa shape index (κ1) is 13.8. The van der Waals surface area contributed by atoms with Crippen LogP contribution in [0.25, 0.3) is 5.13 Å². The van der Waals surface area contributed by atoms with E-state index < -0.39 is 0 Å². The van der Waals surface area contributed by atoms with Crippen LogP contribution in [0.15, 0.2) is 24.5 Å². The quantitative estimate of drug-likeness (QED) is 0.902. The summed E-state index contributed by atoms with van der Waals surface area (Å²) in [4.78, 5) is 19.2. The third kappa shape index (κ3) is 3.42. The highest BCUT2D eigenvalue weighted by atomic mass is 32.1. The molecule has 0 saturated carbocycles. The maximum Gasteiger partial charge on any atom is 0.263 e. The zero-order valence-corrected chi connectivity index (χ0v) is 12.2. The summed E-state index contributed by atoms with van der Waals surface area (Å²) in [5, 5.41) is 3.73. The monoisotopic (exact) mass is 278 g/mol. The first-order valence-corrected chi connectivity index (χ1v) is 6.93. The number of rotatable bonds is 5. The summed E-state index contributed by atoms with van der Waals surface area (Å²) in [6.45, 7) is 3.33. The third-order valence-electron chi connectivity index (χ3n) is 2.66. The fraction of sp³-hybridized carbons (Fsp3) is 0.385. The van der Waals surface area contributed by atoms with Crippen molar-refractivity contribution in [2.45, 2.75) is 6.92 Å². The predicted molar refractivity (Wildman–Crippen MR) is 77.1 cm³/mol. The fourth-order valence-corrected chi connectivity index (χ4v) is 2.59. The average Bonchev–Trinajstić information content (AvgIpc) is 2.96. The van der Waals surface area contributed by atoms with Gasteiger partial charge in [-0.25, -0.2) is 4.98 Å². The predicted octanol–water partition coefficient (Wildman–Crippen LogP) is 1.53. The smallest absolute Gasteiger partial charge is 0.263 e. The number of hydrogen-bond donors (Lipinski definition) is 1. The Hall–Kier alpha value is -1.66. The summed E-state index contributed by atoms with van der Waals surface area (Å²) >= 11 is 1.41. The molecule has 2 aromatic heterocycles. The Bertz CT molecular complexity index is 545. The normalized spacial score (nSPS) is 10.9. The molecule has 0 radical (unpaired) electrons. The molecule has 2 heterocycles. The molecule has 1 amide bonds. The Labute approximate surface area is 116 Å². The molecule has 102 valence electrons. The van der Waals surface area contributed by atoms with E-state index in [9.17, 15) is 4.79 Å². The number of aromatic nitrogens is 2. The first-order chi connectivity index (χ1) is 9.08. The highest BCUT2D eigenvalue weighted by molar-refractivity contribution is 7.16. The number of carbonyl (C=O) groups is 1. The third-order valence-corrected chi connectivity index (χ3v) is 3.83. The van der Waals surface area contributed by atoms with Crippen molar-refractivity contribution in [1.82, 2.24) is 19.8 Å². The lowest BCUT2D eigenvalue weighted by Gasteiger charge is -2.09. The van der Waals surface area contributed by atoms with Gasteiger partial charge in [0, 0.05) is 25.5 Å². The van der Waals surface area contributed by atoms with Crippen LogP contribution in [0.4, 0.5) is 0 Å². The van der Waals surface area contributed by atoms with Gasteiger partial charge in [-0.1, -0.05) is 11.3 Å². The number of nitrogens with zero attached hydrogens (tertiary/aromatic N) is 3. The fourth-order valence-electron chi connectivity index (χ4n) is 1.64. The topological polar surface area (TPSA) is 50.2 Å². The van der Waals surface area contributed by atoms with Crippen LogP contribution in [0.2, 0.25) is 0 Å². The number of nitrogens with one attached hydrogen (secondary N) is 1.